The van der Waals surface area contributed by atoms with E-state index in [4.69, 9.17) is 0 Å². The maximum absolute atomic E-state index is 13.4. The monoisotopic (exact) mass is 457 g/mol. The van der Waals surface area contributed by atoms with Crippen LogP contribution in [0.5, 0.6) is 0 Å². The van der Waals surface area contributed by atoms with Gasteiger partial charge in [0.05, 0.1) is 22.7 Å². The lowest BCUT2D eigenvalue weighted by atomic mass is 10.1. The Balaban J connectivity index is 2.21. The second-order valence-corrected chi connectivity index (χ2v) is 9.06. The molecular formula is C20H22F3N3O4S. The SMILES string of the molecule is CC(=O)c1ccc(S(=O)(=O)N(C)CC(=O)Nc2ccc(N(C)C)cc2C(F)(F)F)cc1. The molecule has 0 spiro atoms. The molecule has 11 heteroatoms. The summed E-state index contributed by atoms with van der Waals surface area (Å²) in [6, 6.07) is 8.54. The van der Waals surface area contributed by atoms with Crippen LogP contribution < -0.4 is 10.2 Å². The third-order valence-corrected chi connectivity index (χ3v) is 6.25. The van der Waals surface area contributed by atoms with Crippen LogP contribution in [0.25, 0.3) is 0 Å². The van der Waals surface area contributed by atoms with Crippen molar-refractivity contribution in [3.05, 3.63) is 53.6 Å². The summed E-state index contributed by atoms with van der Waals surface area (Å²) in [5, 5.41) is 2.13. The molecular weight excluding hydrogens is 435 g/mol. The highest BCUT2D eigenvalue weighted by Gasteiger charge is 2.34. The average Bonchev–Trinajstić information content (AvgIpc) is 2.67. The first-order valence-corrected chi connectivity index (χ1v) is 10.4. The van der Waals surface area contributed by atoms with Gasteiger partial charge in [0.25, 0.3) is 0 Å². The van der Waals surface area contributed by atoms with Gasteiger partial charge in [0.15, 0.2) is 5.78 Å². The van der Waals surface area contributed by atoms with Crippen LogP contribution >= 0.6 is 0 Å². The molecule has 2 aromatic rings. The lowest BCUT2D eigenvalue weighted by molar-refractivity contribution is -0.136. The third kappa shape index (κ3) is 5.82. The first-order valence-electron chi connectivity index (χ1n) is 8.99. The molecule has 2 aromatic carbocycles. The lowest BCUT2D eigenvalue weighted by Crippen LogP contribution is -2.35. The number of Topliss-reactive ketones (excluding diaryl/α,β-unsaturated/α-hetero) is 1. The highest BCUT2D eigenvalue weighted by Crippen LogP contribution is 2.37. The number of hydrogen-bond donors (Lipinski definition) is 1. The van der Waals surface area contributed by atoms with Gasteiger partial charge in [-0.3, -0.25) is 9.59 Å². The van der Waals surface area contributed by atoms with Crippen LogP contribution in [-0.2, 0) is 21.0 Å². The maximum Gasteiger partial charge on any atom is 0.418 e. The molecule has 0 aliphatic rings. The molecule has 2 rings (SSSR count). The molecule has 0 fully saturated rings. The number of nitrogens with zero attached hydrogens (tertiary/aromatic N) is 2. The molecule has 0 saturated heterocycles. The van der Waals surface area contributed by atoms with E-state index < -0.39 is 39.9 Å². The molecule has 31 heavy (non-hydrogen) atoms. The van der Waals surface area contributed by atoms with Crippen LogP contribution in [0.1, 0.15) is 22.8 Å². The highest BCUT2D eigenvalue weighted by molar-refractivity contribution is 7.89. The average molecular weight is 457 g/mol. The predicted octanol–water partition coefficient (Wildman–Crippen LogP) is 3.23. The first-order chi connectivity index (χ1) is 14.2. The Hall–Kier alpha value is -2.92. The number of nitrogens with one attached hydrogen (secondary N) is 1. The van der Waals surface area contributed by atoms with E-state index >= 15 is 0 Å². The number of alkyl halides is 3. The van der Waals surface area contributed by atoms with Crippen LogP contribution in [0, 0.1) is 0 Å². The van der Waals surface area contributed by atoms with Crippen LogP contribution in [0.15, 0.2) is 47.4 Å². The molecule has 0 aliphatic heterocycles. The predicted molar refractivity (Wildman–Crippen MR) is 111 cm³/mol. The third-order valence-electron chi connectivity index (χ3n) is 4.43. The Morgan fingerprint density at radius 2 is 1.58 bits per heavy atom. The number of likely N-dealkylation sites (N-methyl/N-ethyl adjacent to an activating group) is 1. The summed E-state index contributed by atoms with van der Waals surface area (Å²) in [6.07, 6.45) is -4.72. The molecule has 7 nitrogen and oxygen atoms in total. The molecule has 0 saturated carbocycles. The molecule has 0 radical (unpaired) electrons. The van der Waals surface area contributed by atoms with Crippen molar-refractivity contribution < 1.29 is 31.2 Å². The largest absolute Gasteiger partial charge is 0.418 e. The van der Waals surface area contributed by atoms with E-state index in [0.29, 0.717) is 15.6 Å². The van der Waals surface area contributed by atoms with Crippen LogP contribution in [-0.4, -0.2) is 52.1 Å². The summed E-state index contributed by atoms with van der Waals surface area (Å²) in [5.41, 5.74) is -0.906. The minimum absolute atomic E-state index is 0.154. The zero-order chi connectivity index (χ0) is 23.6. The summed E-state index contributed by atoms with van der Waals surface area (Å²) < 4.78 is 66.2. The molecule has 0 bridgehead atoms. The number of benzene rings is 2. The Morgan fingerprint density at radius 3 is 2.06 bits per heavy atom. The Kier molecular flexibility index (Phi) is 7.12. The van der Waals surface area contributed by atoms with Gasteiger partial charge >= 0.3 is 6.18 Å². The zero-order valence-corrected chi connectivity index (χ0v) is 18.1. The van der Waals surface area contributed by atoms with Crippen molar-refractivity contribution in [2.24, 2.45) is 0 Å². The normalized spacial score (nSPS) is 12.0. The Bertz CT molecular complexity index is 1080. The zero-order valence-electron chi connectivity index (χ0n) is 17.3. The van der Waals surface area contributed by atoms with Gasteiger partial charge < -0.3 is 10.2 Å². The second-order valence-electron chi connectivity index (χ2n) is 7.01. The number of carbonyl (C=O) groups is 2. The molecule has 168 valence electrons. The fourth-order valence-electron chi connectivity index (χ4n) is 2.67. The van der Waals surface area contributed by atoms with Gasteiger partial charge in [0.1, 0.15) is 0 Å². The van der Waals surface area contributed by atoms with Crippen molar-refractivity contribution in [1.29, 1.82) is 0 Å². The number of anilines is 2. The summed E-state index contributed by atoms with van der Waals surface area (Å²) in [5.74, 6) is -1.17. The molecule has 0 atom stereocenters. The van der Waals surface area contributed by atoms with Crippen LogP contribution in [0.3, 0.4) is 0 Å². The van der Waals surface area contributed by atoms with Crippen LogP contribution in [0.2, 0.25) is 0 Å². The molecule has 0 aliphatic carbocycles. The number of ketones is 1. The van der Waals surface area contributed by atoms with Gasteiger partial charge in [-0.25, -0.2) is 8.42 Å². The van der Waals surface area contributed by atoms with Gasteiger partial charge in [-0.2, -0.15) is 17.5 Å². The van der Waals surface area contributed by atoms with Crippen molar-refractivity contribution in [2.75, 3.05) is 37.9 Å². The van der Waals surface area contributed by atoms with E-state index in [1.54, 1.807) is 14.1 Å². The smallest absolute Gasteiger partial charge is 0.378 e. The number of sulfonamides is 1. The lowest BCUT2D eigenvalue weighted by Gasteiger charge is -2.20. The molecule has 0 aromatic heterocycles. The minimum atomic E-state index is -4.72. The van der Waals surface area contributed by atoms with Crippen molar-refractivity contribution in [2.45, 2.75) is 18.0 Å². The van der Waals surface area contributed by atoms with E-state index in [0.717, 1.165) is 19.2 Å². The van der Waals surface area contributed by atoms with Gasteiger partial charge in [0, 0.05) is 32.4 Å². The highest BCUT2D eigenvalue weighted by atomic mass is 32.2. The summed E-state index contributed by atoms with van der Waals surface area (Å²) in [4.78, 5) is 25.0. The number of hydrogen-bond acceptors (Lipinski definition) is 5. The fourth-order valence-corrected chi connectivity index (χ4v) is 3.80. The first kappa shape index (κ1) is 24.4. The van der Waals surface area contributed by atoms with Crippen molar-refractivity contribution in [3.63, 3.8) is 0 Å². The van der Waals surface area contributed by atoms with Gasteiger partial charge in [0.2, 0.25) is 15.9 Å². The molecule has 0 heterocycles. The van der Waals surface area contributed by atoms with Crippen molar-refractivity contribution >= 4 is 33.1 Å². The topological polar surface area (TPSA) is 86.8 Å². The number of amides is 1. The van der Waals surface area contributed by atoms with E-state index in [-0.39, 0.29) is 10.7 Å². The quantitative estimate of drug-likeness (QED) is 0.645. The summed E-state index contributed by atoms with van der Waals surface area (Å²) >= 11 is 0. The number of halogens is 3. The Labute approximate surface area is 178 Å². The van der Waals surface area contributed by atoms with Crippen molar-refractivity contribution in [3.8, 4) is 0 Å². The maximum atomic E-state index is 13.4. The molecule has 1 amide bonds. The summed E-state index contributed by atoms with van der Waals surface area (Å²) in [6.45, 7) is 0.629. The molecule has 0 unspecified atom stereocenters. The van der Waals surface area contributed by atoms with E-state index in [9.17, 15) is 31.2 Å². The van der Waals surface area contributed by atoms with Gasteiger partial charge in [-0.05, 0) is 37.3 Å². The fraction of sp³-hybridized carbons (Fsp3) is 0.300. The van der Waals surface area contributed by atoms with Gasteiger partial charge in [-0.1, -0.05) is 12.1 Å². The van der Waals surface area contributed by atoms with E-state index in [1.807, 2.05) is 0 Å². The van der Waals surface area contributed by atoms with E-state index in [1.165, 1.54) is 42.2 Å². The standard InChI is InChI=1S/C20H22F3N3O4S/c1-13(27)14-5-8-16(9-6-14)31(29,30)26(4)12-19(28)24-18-10-7-15(25(2)3)11-17(18)20(21,22)23/h5-11H,12H2,1-4H3,(H,24,28). The molecule has 1 N–H and O–H groups in total. The number of rotatable bonds is 7. The number of carbonyl (C=O) groups excluding carboxylic acids is 2. The van der Waals surface area contributed by atoms with E-state index in [2.05, 4.69) is 5.32 Å². The van der Waals surface area contributed by atoms with Gasteiger partial charge in [-0.15, -0.1) is 0 Å². The van der Waals surface area contributed by atoms with Crippen molar-refractivity contribution in [1.82, 2.24) is 4.31 Å². The minimum Gasteiger partial charge on any atom is -0.378 e. The Morgan fingerprint density at radius 1 is 1.00 bits per heavy atom. The summed E-state index contributed by atoms with van der Waals surface area (Å²) in [7, 11) is 0.199. The second kappa shape index (κ2) is 9.06. The van der Waals surface area contributed by atoms with Crippen LogP contribution in [0.4, 0.5) is 24.5 Å².